The molecule has 1 heterocycles. The van der Waals surface area contributed by atoms with Crippen molar-refractivity contribution in [2.24, 2.45) is 0 Å². The third-order valence-corrected chi connectivity index (χ3v) is 6.37. The summed E-state index contributed by atoms with van der Waals surface area (Å²) in [5.74, 6) is -4.52. The lowest BCUT2D eigenvalue weighted by atomic mass is 10.1. The molecule has 33 heavy (non-hydrogen) atoms. The van der Waals surface area contributed by atoms with E-state index in [1.807, 2.05) is 0 Å². The Morgan fingerprint density at radius 2 is 1.85 bits per heavy atom. The van der Waals surface area contributed by atoms with Crippen molar-refractivity contribution >= 4 is 44.0 Å². The first-order valence-electron chi connectivity index (χ1n) is 8.60. The Balaban J connectivity index is 1.70. The van der Waals surface area contributed by atoms with Gasteiger partial charge in [-0.25, -0.2) is 22.2 Å². The molecule has 2 aromatic carbocycles. The van der Waals surface area contributed by atoms with Crippen molar-refractivity contribution in [1.82, 2.24) is 10.3 Å². The Morgan fingerprint density at radius 1 is 1.12 bits per heavy atom. The molecule has 3 rings (SSSR count). The van der Waals surface area contributed by atoms with E-state index >= 15 is 0 Å². The summed E-state index contributed by atoms with van der Waals surface area (Å²) < 4.78 is 95.4. The Bertz CT molecular complexity index is 1300. The first-order chi connectivity index (χ1) is 15.3. The second-order valence-electron chi connectivity index (χ2n) is 6.21. The molecule has 0 aliphatic heterocycles. The molecule has 2 N–H and O–H groups in total. The molecule has 7 nitrogen and oxygen atoms in total. The summed E-state index contributed by atoms with van der Waals surface area (Å²) in [4.78, 5) is 15.5. The van der Waals surface area contributed by atoms with Gasteiger partial charge in [-0.15, -0.1) is 13.2 Å². The normalized spacial score (nSPS) is 11.8. The number of hydrogen-bond donors (Lipinski definition) is 2. The fraction of sp³-hybridized carbons (Fsp3) is 0.111. The number of carbonyl (C=O) groups excluding carboxylic acids is 1. The standard InChI is InChI=1S/C18H11ClF5N3O4S2/c19-15-8-26-17(32-15)27-33(29,30)10-2-3-11(13(21)6-10)16(28)25-7-9-1-4-12(20)14(5-9)31-18(22,23)24/h1-6,8H,7H2,(H,25,28)(H,26,27). The molecular formula is C18H11ClF5N3O4S2. The zero-order valence-corrected chi connectivity index (χ0v) is 18.3. The van der Waals surface area contributed by atoms with Crippen LogP contribution in [0, 0.1) is 11.6 Å². The predicted molar refractivity (Wildman–Crippen MR) is 109 cm³/mol. The highest BCUT2D eigenvalue weighted by Crippen LogP contribution is 2.27. The average molecular weight is 528 g/mol. The van der Waals surface area contributed by atoms with Crippen LogP contribution in [-0.4, -0.2) is 25.7 Å². The summed E-state index contributed by atoms with van der Waals surface area (Å²) in [5.41, 5.74) is -0.491. The van der Waals surface area contributed by atoms with Crippen molar-refractivity contribution in [3.05, 3.63) is 69.7 Å². The van der Waals surface area contributed by atoms with Crippen molar-refractivity contribution in [3.63, 3.8) is 0 Å². The number of rotatable bonds is 7. The van der Waals surface area contributed by atoms with E-state index in [9.17, 15) is 35.2 Å². The molecule has 176 valence electrons. The lowest BCUT2D eigenvalue weighted by Crippen LogP contribution is -2.24. The van der Waals surface area contributed by atoms with Gasteiger partial charge in [0.2, 0.25) is 0 Å². The van der Waals surface area contributed by atoms with Crippen molar-refractivity contribution in [1.29, 1.82) is 0 Å². The van der Waals surface area contributed by atoms with Gasteiger partial charge in [-0.05, 0) is 35.9 Å². The number of halogens is 6. The molecule has 3 aromatic rings. The largest absolute Gasteiger partial charge is 0.573 e. The van der Waals surface area contributed by atoms with Gasteiger partial charge in [-0.2, -0.15) is 0 Å². The van der Waals surface area contributed by atoms with E-state index in [0.29, 0.717) is 12.1 Å². The maximum Gasteiger partial charge on any atom is 0.573 e. The van der Waals surface area contributed by atoms with Crippen LogP contribution in [0.25, 0.3) is 0 Å². The quantitative estimate of drug-likeness (QED) is 0.434. The molecule has 0 aliphatic rings. The van der Waals surface area contributed by atoms with Crippen LogP contribution in [0.2, 0.25) is 4.34 Å². The maximum atomic E-state index is 14.4. The van der Waals surface area contributed by atoms with E-state index in [1.165, 1.54) is 6.20 Å². The Labute approximate surface area is 192 Å². The second-order valence-corrected chi connectivity index (χ2v) is 9.56. The van der Waals surface area contributed by atoms with Gasteiger partial charge in [0.05, 0.1) is 16.7 Å². The summed E-state index contributed by atoms with van der Waals surface area (Å²) in [7, 11) is -4.22. The highest BCUT2D eigenvalue weighted by atomic mass is 35.5. The number of anilines is 1. The van der Waals surface area contributed by atoms with Gasteiger partial charge >= 0.3 is 6.36 Å². The van der Waals surface area contributed by atoms with Crippen LogP contribution < -0.4 is 14.8 Å². The van der Waals surface area contributed by atoms with E-state index in [1.54, 1.807) is 0 Å². The van der Waals surface area contributed by atoms with Crippen molar-refractivity contribution in [2.45, 2.75) is 17.8 Å². The number of nitrogens with one attached hydrogen (secondary N) is 2. The summed E-state index contributed by atoms with van der Waals surface area (Å²) in [6, 6.07) is 5.04. The number of amides is 1. The second kappa shape index (κ2) is 9.49. The number of alkyl halides is 3. The van der Waals surface area contributed by atoms with Gasteiger partial charge in [-0.3, -0.25) is 9.52 Å². The van der Waals surface area contributed by atoms with Gasteiger partial charge < -0.3 is 10.1 Å². The molecule has 0 spiro atoms. The molecule has 1 amide bonds. The molecule has 0 saturated carbocycles. The Hall–Kier alpha value is -2.97. The Kier molecular flexibility index (Phi) is 7.09. The SMILES string of the molecule is O=C(NCc1ccc(F)c(OC(F)(F)F)c1)c1ccc(S(=O)(=O)Nc2ncc(Cl)s2)cc1F. The summed E-state index contributed by atoms with van der Waals surface area (Å²) in [6.07, 6.45) is -3.90. The third-order valence-electron chi connectivity index (χ3n) is 3.87. The predicted octanol–water partition coefficient (Wildman–Crippen LogP) is 4.70. The molecular weight excluding hydrogens is 517 g/mol. The molecule has 0 radical (unpaired) electrons. The zero-order chi connectivity index (χ0) is 24.4. The summed E-state index contributed by atoms with van der Waals surface area (Å²) in [6.45, 7) is -0.390. The lowest BCUT2D eigenvalue weighted by Gasteiger charge is -2.12. The van der Waals surface area contributed by atoms with Gasteiger partial charge in [0.25, 0.3) is 15.9 Å². The van der Waals surface area contributed by atoms with Gasteiger partial charge in [0, 0.05) is 6.54 Å². The van der Waals surface area contributed by atoms with Crippen LogP contribution in [0.1, 0.15) is 15.9 Å². The van der Waals surface area contributed by atoms with E-state index in [-0.39, 0.29) is 21.6 Å². The number of ether oxygens (including phenoxy) is 1. The fourth-order valence-corrected chi connectivity index (χ4v) is 4.53. The van der Waals surface area contributed by atoms with Crippen LogP contribution in [0.5, 0.6) is 5.75 Å². The van der Waals surface area contributed by atoms with Gasteiger partial charge in [0.1, 0.15) is 10.2 Å². The molecule has 0 atom stereocenters. The van der Waals surface area contributed by atoms with Gasteiger partial charge in [0.15, 0.2) is 16.7 Å². The van der Waals surface area contributed by atoms with E-state index in [2.05, 4.69) is 19.8 Å². The number of thiazole rings is 1. The average Bonchev–Trinajstić information content (AvgIpc) is 3.11. The van der Waals surface area contributed by atoms with E-state index in [0.717, 1.165) is 35.6 Å². The third kappa shape index (κ3) is 6.52. The van der Waals surface area contributed by atoms with Crippen molar-refractivity contribution < 1.29 is 39.9 Å². The number of sulfonamides is 1. The van der Waals surface area contributed by atoms with Crippen LogP contribution in [0.4, 0.5) is 27.1 Å². The number of nitrogens with zero attached hydrogens (tertiary/aromatic N) is 1. The van der Waals surface area contributed by atoms with Gasteiger partial charge in [-0.1, -0.05) is 29.0 Å². The number of carbonyl (C=O) groups is 1. The highest BCUT2D eigenvalue weighted by Gasteiger charge is 2.32. The minimum atomic E-state index is -5.12. The van der Waals surface area contributed by atoms with Crippen LogP contribution in [0.15, 0.2) is 47.5 Å². The van der Waals surface area contributed by atoms with Crippen molar-refractivity contribution in [3.8, 4) is 5.75 Å². The molecule has 0 aliphatic carbocycles. The molecule has 0 unspecified atom stereocenters. The van der Waals surface area contributed by atoms with E-state index < -0.39 is 50.1 Å². The topological polar surface area (TPSA) is 97.4 Å². The van der Waals surface area contributed by atoms with Crippen LogP contribution in [-0.2, 0) is 16.6 Å². The molecule has 1 aromatic heterocycles. The molecule has 0 fully saturated rings. The Morgan fingerprint density at radius 3 is 2.45 bits per heavy atom. The number of aromatic nitrogens is 1. The highest BCUT2D eigenvalue weighted by molar-refractivity contribution is 7.93. The minimum Gasteiger partial charge on any atom is -0.403 e. The molecule has 0 saturated heterocycles. The molecule has 0 bridgehead atoms. The smallest absolute Gasteiger partial charge is 0.403 e. The van der Waals surface area contributed by atoms with Crippen LogP contribution in [0.3, 0.4) is 0 Å². The van der Waals surface area contributed by atoms with E-state index in [4.69, 9.17) is 11.6 Å². The fourth-order valence-electron chi connectivity index (χ4n) is 2.46. The lowest BCUT2D eigenvalue weighted by molar-refractivity contribution is -0.275. The number of hydrogen-bond acceptors (Lipinski definition) is 6. The minimum absolute atomic E-state index is 0.0370. The van der Waals surface area contributed by atoms with Crippen molar-refractivity contribution in [2.75, 3.05) is 4.72 Å². The zero-order valence-electron chi connectivity index (χ0n) is 15.9. The number of benzene rings is 2. The maximum absolute atomic E-state index is 14.4. The molecule has 15 heteroatoms. The summed E-state index contributed by atoms with van der Waals surface area (Å²) in [5, 5.41) is 2.19. The first-order valence-corrected chi connectivity index (χ1v) is 11.3. The summed E-state index contributed by atoms with van der Waals surface area (Å²) >= 11 is 6.52. The first kappa shape index (κ1) is 24.7. The monoisotopic (exact) mass is 527 g/mol. The van der Waals surface area contributed by atoms with Crippen LogP contribution >= 0.6 is 22.9 Å².